The average Bonchev–Trinajstić information content (AvgIpc) is 3.37. The van der Waals surface area contributed by atoms with Gasteiger partial charge in [-0.3, -0.25) is 14.5 Å². The summed E-state index contributed by atoms with van der Waals surface area (Å²) in [5.74, 6) is 1.35. The Morgan fingerprint density at radius 2 is 2.08 bits per heavy atom. The molecule has 132 valence electrons. The second kappa shape index (κ2) is 7.16. The molecule has 2 aromatic heterocycles. The molecule has 2 saturated carbocycles. The van der Waals surface area contributed by atoms with E-state index in [1.54, 1.807) is 6.20 Å². The van der Waals surface area contributed by atoms with Gasteiger partial charge in [0.2, 0.25) is 0 Å². The first-order chi connectivity index (χ1) is 12.3. The van der Waals surface area contributed by atoms with Gasteiger partial charge in [-0.2, -0.15) is 5.10 Å². The lowest BCUT2D eigenvalue weighted by molar-refractivity contribution is 0.111. The molecular formula is C19H22ClN3O2. The second-order valence-electron chi connectivity index (χ2n) is 7.04. The summed E-state index contributed by atoms with van der Waals surface area (Å²) in [6.07, 6.45) is 12.9. The molecule has 0 N–H and O–H groups in total. The van der Waals surface area contributed by atoms with Gasteiger partial charge in [0.05, 0.1) is 29.4 Å². The van der Waals surface area contributed by atoms with Gasteiger partial charge in [-0.25, -0.2) is 0 Å². The number of pyridine rings is 1. The Labute approximate surface area is 152 Å². The number of halogens is 1. The summed E-state index contributed by atoms with van der Waals surface area (Å²) < 4.78 is 8.21. The van der Waals surface area contributed by atoms with Crippen molar-refractivity contribution < 1.29 is 9.53 Å². The molecule has 5 nitrogen and oxygen atoms in total. The van der Waals surface area contributed by atoms with Gasteiger partial charge in [0, 0.05) is 29.9 Å². The number of rotatable bonds is 6. The van der Waals surface area contributed by atoms with E-state index >= 15 is 0 Å². The highest BCUT2D eigenvalue weighted by atomic mass is 35.5. The standard InChI is InChI=1S/C19H22ClN3O2/c20-17-9-21-10-19(16(17)11-24)25-12-13-3-1-2-4-15(13)18-7-8-22-23(18)14-5-6-14/h7-11,13-15H,1-6,12H2. The van der Waals surface area contributed by atoms with Gasteiger partial charge in [0.25, 0.3) is 0 Å². The van der Waals surface area contributed by atoms with Crippen LogP contribution in [0.15, 0.2) is 24.7 Å². The molecule has 0 aromatic carbocycles. The maximum atomic E-state index is 11.3. The van der Waals surface area contributed by atoms with Crippen LogP contribution in [0.2, 0.25) is 5.02 Å². The topological polar surface area (TPSA) is 57.0 Å². The molecule has 2 aromatic rings. The second-order valence-corrected chi connectivity index (χ2v) is 7.45. The lowest BCUT2D eigenvalue weighted by Gasteiger charge is -2.32. The third-order valence-electron chi connectivity index (χ3n) is 5.36. The lowest BCUT2D eigenvalue weighted by Crippen LogP contribution is -2.26. The summed E-state index contributed by atoms with van der Waals surface area (Å²) in [5, 5.41) is 4.88. The first kappa shape index (κ1) is 16.6. The Bertz CT molecular complexity index is 757. The highest BCUT2D eigenvalue weighted by Gasteiger charge is 2.33. The molecule has 0 bridgehead atoms. The summed E-state index contributed by atoms with van der Waals surface area (Å²) in [6.45, 7) is 0.573. The summed E-state index contributed by atoms with van der Waals surface area (Å²) in [6, 6.07) is 2.76. The van der Waals surface area contributed by atoms with Crippen LogP contribution >= 0.6 is 11.6 Å². The molecule has 6 heteroatoms. The van der Waals surface area contributed by atoms with E-state index in [2.05, 4.69) is 20.8 Å². The van der Waals surface area contributed by atoms with E-state index in [1.165, 1.54) is 44.0 Å². The minimum atomic E-state index is 0.333. The molecule has 0 saturated heterocycles. The Morgan fingerprint density at radius 3 is 2.88 bits per heavy atom. The number of ether oxygens (including phenoxy) is 1. The Balaban J connectivity index is 1.51. The predicted molar refractivity (Wildman–Crippen MR) is 95.3 cm³/mol. The fourth-order valence-electron chi connectivity index (χ4n) is 3.89. The number of hydrogen-bond donors (Lipinski definition) is 0. The highest BCUT2D eigenvalue weighted by Crippen LogP contribution is 2.42. The number of aromatic nitrogens is 3. The Kier molecular flexibility index (Phi) is 4.75. The van der Waals surface area contributed by atoms with E-state index in [9.17, 15) is 4.79 Å². The van der Waals surface area contributed by atoms with Crippen molar-refractivity contribution in [3.05, 3.63) is 40.9 Å². The Hall–Kier alpha value is -1.88. The van der Waals surface area contributed by atoms with Crippen LogP contribution in [-0.2, 0) is 0 Å². The smallest absolute Gasteiger partial charge is 0.155 e. The minimum Gasteiger partial charge on any atom is -0.491 e. The van der Waals surface area contributed by atoms with Crippen molar-refractivity contribution in [3.63, 3.8) is 0 Å². The van der Waals surface area contributed by atoms with Crippen molar-refractivity contribution >= 4 is 17.9 Å². The molecule has 2 aliphatic rings. The molecule has 0 amide bonds. The zero-order valence-electron chi connectivity index (χ0n) is 14.1. The monoisotopic (exact) mass is 359 g/mol. The molecule has 2 aliphatic carbocycles. The van der Waals surface area contributed by atoms with Crippen LogP contribution in [0.5, 0.6) is 5.75 Å². The minimum absolute atomic E-state index is 0.333. The molecule has 2 unspecified atom stereocenters. The fraction of sp³-hybridized carbons (Fsp3) is 0.526. The number of aldehydes is 1. The van der Waals surface area contributed by atoms with E-state index in [0.29, 0.717) is 40.8 Å². The van der Waals surface area contributed by atoms with Gasteiger partial charge < -0.3 is 4.74 Å². The van der Waals surface area contributed by atoms with Gasteiger partial charge in [-0.05, 0) is 31.7 Å². The Morgan fingerprint density at radius 1 is 1.24 bits per heavy atom. The molecule has 2 fully saturated rings. The number of hydrogen-bond acceptors (Lipinski definition) is 4. The lowest BCUT2D eigenvalue weighted by atomic mass is 9.78. The van der Waals surface area contributed by atoms with Crippen molar-refractivity contribution in [3.8, 4) is 5.75 Å². The van der Waals surface area contributed by atoms with Crippen LogP contribution in [-0.4, -0.2) is 27.7 Å². The van der Waals surface area contributed by atoms with Crippen LogP contribution in [0.3, 0.4) is 0 Å². The van der Waals surface area contributed by atoms with Crippen LogP contribution in [0, 0.1) is 5.92 Å². The first-order valence-corrected chi connectivity index (χ1v) is 9.40. The molecule has 2 heterocycles. The van der Waals surface area contributed by atoms with Crippen molar-refractivity contribution in [2.45, 2.75) is 50.5 Å². The zero-order chi connectivity index (χ0) is 17.2. The number of nitrogens with zero attached hydrogens (tertiary/aromatic N) is 3. The largest absolute Gasteiger partial charge is 0.491 e. The van der Waals surface area contributed by atoms with Gasteiger partial charge in [-0.1, -0.05) is 24.4 Å². The van der Waals surface area contributed by atoms with Gasteiger partial charge in [0.15, 0.2) is 6.29 Å². The quantitative estimate of drug-likeness (QED) is 0.716. The summed E-state index contributed by atoms with van der Waals surface area (Å²) in [5.41, 5.74) is 1.72. The maximum absolute atomic E-state index is 11.3. The number of carbonyl (C=O) groups is 1. The van der Waals surface area contributed by atoms with Crippen LogP contribution in [0.1, 0.15) is 66.5 Å². The molecule has 25 heavy (non-hydrogen) atoms. The average molecular weight is 360 g/mol. The highest BCUT2D eigenvalue weighted by molar-refractivity contribution is 6.33. The molecular weight excluding hydrogens is 338 g/mol. The molecule has 0 radical (unpaired) electrons. The molecule has 0 spiro atoms. The predicted octanol–water partition coefficient (Wildman–Crippen LogP) is 4.43. The number of carbonyl (C=O) groups excluding carboxylic acids is 1. The maximum Gasteiger partial charge on any atom is 0.155 e. The molecule has 0 aliphatic heterocycles. The summed E-state index contributed by atoms with van der Waals surface area (Å²) in [7, 11) is 0. The van der Waals surface area contributed by atoms with Gasteiger partial charge >= 0.3 is 0 Å². The van der Waals surface area contributed by atoms with E-state index < -0.39 is 0 Å². The SMILES string of the molecule is O=Cc1c(Cl)cncc1OCC1CCCCC1c1ccnn1C1CC1. The fourth-order valence-corrected chi connectivity index (χ4v) is 4.09. The van der Waals surface area contributed by atoms with Crippen molar-refractivity contribution in [1.29, 1.82) is 0 Å². The van der Waals surface area contributed by atoms with E-state index in [4.69, 9.17) is 16.3 Å². The van der Waals surface area contributed by atoms with Gasteiger partial charge in [-0.15, -0.1) is 0 Å². The van der Waals surface area contributed by atoms with Gasteiger partial charge in [0.1, 0.15) is 5.75 Å². The van der Waals surface area contributed by atoms with Crippen LogP contribution < -0.4 is 4.74 Å². The van der Waals surface area contributed by atoms with E-state index in [0.717, 1.165) is 12.7 Å². The third kappa shape index (κ3) is 3.43. The van der Waals surface area contributed by atoms with Crippen molar-refractivity contribution in [2.75, 3.05) is 6.61 Å². The van der Waals surface area contributed by atoms with E-state index in [1.807, 2.05) is 6.20 Å². The van der Waals surface area contributed by atoms with E-state index in [-0.39, 0.29) is 0 Å². The third-order valence-corrected chi connectivity index (χ3v) is 5.66. The van der Waals surface area contributed by atoms with Crippen molar-refractivity contribution in [1.82, 2.24) is 14.8 Å². The summed E-state index contributed by atoms with van der Waals surface area (Å²) >= 11 is 6.04. The first-order valence-electron chi connectivity index (χ1n) is 9.03. The molecule has 4 rings (SSSR count). The van der Waals surface area contributed by atoms with Crippen molar-refractivity contribution in [2.24, 2.45) is 5.92 Å². The molecule has 2 atom stereocenters. The normalized spacial score (nSPS) is 23.4. The van der Waals surface area contributed by atoms with Crippen LogP contribution in [0.25, 0.3) is 0 Å². The van der Waals surface area contributed by atoms with Crippen LogP contribution in [0.4, 0.5) is 0 Å². The summed E-state index contributed by atoms with van der Waals surface area (Å²) in [4.78, 5) is 15.3. The zero-order valence-corrected chi connectivity index (χ0v) is 14.9.